The van der Waals surface area contributed by atoms with Gasteiger partial charge in [-0.15, -0.1) is 0 Å². The lowest BCUT2D eigenvalue weighted by Crippen LogP contribution is -2.44. The number of carbonyl (C=O) groups excluding carboxylic acids is 3. The van der Waals surface area contributed by atoms with Crippen molar-refractivity contribution in [3.8, 4) is 0 Å². The van der Waals surface area contributed by atoms with Gasteiger partial charge in [0.2, 0.25) is 0 Å². The van der Waals surface area contributed by atoms with E-state index in [1.54, 1.807) is 6.92 Å². The fourth-order valence-corrected chi connectivity index (χ4v) is 4.82. The van der Waals surface area contributed by atoms with Crippen molar-refractivity contribution in [1.82, 2.24) is 0 Å². The highest BCUT2D eigenvalue weighted by Gasteiger charge is 2.68. The fraction of sp³-hybridized carbons (Fsp3) is 0.762. The molecule has 4 rings (SSSR count). The molecular weight excluding hydrogens is 380 g/mol. The Morgan fingerprint density at radius 2 is 1.93 bits per heavy atom. The molecule has 8 atom stereocenters. The molecule has 1 saturated carbocycles. The Morgan fingerprint density at radius 1 is 1.21 bits per heavy atom. The molecule has 8 nitrogen and oxygen atoms in total. The minimum atomic E-state index is -0.736. The summed E-state index contributed by atoms with van der Waals surface area (Å²) in [6.07, 6.45) is 0.586. The van der Waals surface area contributed by atoms with Crippen molar-refractivity contribution in [3.05, 3.63) is 12.2 Å². The lowest BCUT2D eigenvalue weighted by molar-refractivity contribution is -0.154. The molecule has 3 aliphatic heterocycles. The van der Waals surface area contributed by atoms with Crippen LogP contribution < -0.4 is 0 Å². The first kappa shape index (κ1) is 20.3. The summed E-state index contributed by atoms with van der Waals surface area (Å²) in [6, 6.07) is 0. The number of esters is 3. The van der Waals surface area contributed by atoms with E-state index in [9.17, 15) is 14.4 Å². The highest BCUT2D eigenvalue weighted by Crippen LogP contribution is 2.55. The summed E-state index contributed by atoms with van der Waals surface area (Å²) in [5, 5.41) is 0. The van der Waals surface area contributed by atoms with Gasteiger partial charge in [0, 0.05) is 18.9 Å². The van der Waals surface area contributed by atoms with Crippen LogP contribution in [0.5, 0.6) is 0 Å². The Bertz CT molecular complexity index is 762. The van der Waals surface area contributed by atoms with E-state index in [2.05, 4.69) is 6.58 Å². The average Bonchev–Trinajstić information content (AvgIpc) is 3.44. The Labute approximate surface area is 169 Å². The predicted octanol–water partition coefficient (Wildman–Crippen LogP) is 1.69. The van der Waals surface area contributed by atoms with Gasteiger partial charge in [-0.1, -0.05) is 6.58 Å². The first-order valence-electron chi connectivity index (χ1n) is 10.1. The molecule has 29 heavy (non-hydrogen) atoms. The maximum atomic E-state index is 12.7. The molecule has 160 valence electrons. The molecule has 4 fully saturated rings. The van der Waals surface area contributed by atoms with Gasteiger partial charge in [-0.25, -0.2) is 4.79 Å². The Kier molecular flexibility index (Phi) is 4.77. The van der Waals surface area contributed by atoms with Crippen LogP contribution in [0.25, 0.3) is 0 Å². The van der Waals surface area contributed by atoms with Crippen LogP contribution in [0.2, 0.25) is 0 Å². The normalized spacial score (nSPS) is 45.0. The maximum absolute atomic E-state index is 12.7. The largest absolute Gasteiger partial charge is 0.465 e. The third-order valence-electron chi connectivity index (χ3n) is 6.69. The van der Waals surface area contributed by atoms with Crippen molar-refractivity contribution in [3.63, 3.8) is 0 Å². The van der Waals surface area contributed by atoms with E-state index >= 15 is 0 Å². The van der Waals surface area contributed by atoms with Gasteiger partial charge in [0.15, 0.2) is 0 Å². The topological polar surface area (TPSA) is 104 Å². The Hall–Kier alpha value is -1.93. The Morgan fingerprint density at radius 3 is 2.59 bits per heavy atom. The molecule has 0 aromatic rings. The first-order chi connectivity index (χ1) is 13.5. The van der Waals surface area contributed by atoms with Gasteiger partial charge in [0.05, 0.1) is 23.2 Å². The van der Waals surface area contributed by atoms with Crippen molar-refractivity contribution >= 4 is 17.9 Å². The predicted molar refractivity (Wildman–Crippen MR) is 98.6 cm³/mol. The van der Waals surface area contributed by atoms with E-state index < -0.39 is 53.2 Å². The van der Waals surface area contributed by atoms with E-state index in [1.165, 1.54) is 6.92 Å². The first-order valence-corrected chi connectivity index (χ1v) is 10.1. The van der Waals surface area contributed by atoms with Crippen molar-refractivity contribution in [2.75, 3.05) is 6.61 Å². The SMILES string of the molecule is C=C(C)C(=O)OC1C[C@@]2(C)O[C@H]2CC[C@@]2(C)O[C@@H]2[C@H]2OC(=O)C(COC(C)=O)[C@H]12. The molecule has 0 aromatic carbocycles. The fourth-order valence-electron chi connectivity index (χ4n) is 4.82. The number of fused-ring (bicyclic) bond motifs is 4. The van der Waals surface area contributed by atoms with Crippen molar-refractivity contribution in [1.29, 1.82) is 0 Å². The van der Waals surface area contributed by atoms with Crippen LogP contribution in [0.3, 0.4) is 0 Å². The van der Waals surface area contributed by atoms with Gasteiger partial charge < -0.3 is 23.7 Å². The smallest absolute Gasteiger partial charge is 0.333 e. The zero-order valence-corrected chi connectivity index (χ0v) is 17.3. The molecule has 3 saturated heterocycles. The number of hydrogen-bond donors (Lipinski definition) is 0. The molecule has 3 heterocycles. The van der Waals surface area contributed by atoms with Gasteiger partial charge >= 0.3 is 17.9 Å². The van der Waals surface area contributed by atoms with Gasteiger partial charge in [-0.3, -0.25) is 9.59 Å². The standard InChI is InChI=1S/C21H28O8/c1-10(2)18(23)26-13-8-21(5)14(28-21)6-7-20(4)17(29-20)16-15(13)12(19(24)27-16)9-25-11(3)22/h12-17H,1,6-9H2,2-5H3/t12?,13?,14-,15+,16-,17+,20+,21+/m0/s1. The van der Waals surface area contributed by atoms with Crippen LogP contribution in [0, 0.1) is 11.8 Å². The molecule has 4 aliphatic rings. The van der Waals surface area contributed by atoms with Crippen LogP contribution in [0.1, 0.15) is 47.0 Å². The zero-order valence-electron chi connectivity index (χ0n) is 17.3. The summed E-state index contributed by atoms with van der Waals surface area (Å²) in [6.45, 7) is 10.4. The van der Waals surface area contributed by atoms with Crippen molar-refractivity contribution in [2.45, 2.75) is 82.6 Å². The molecule has 2 unspecified atom stereocenters. The van der Waals surface area contributed by atoms with E-state index in [1.807, 2.05) is 13.8 Å². The van der Waals surface area contributed by atoms with E-state index in [0.717, 1.165) is 12.8 Å². The average molecular weight is 408 g/mol. The number of carbonyl (C=O) groups is 3. The number of epoxide rings is 2. The second-order valence-electron chi connectivity index (χ2n) is 9.13. The molecule has 8 heteroatoms. The van der Waals surface area contributed by atoms with Crippen LogP contribution >= 0.6 is 0 Å². The lowest BCUT2D eigenvalue weighted by Gasteiger charge is -2.31. The monoisotopic (exact) mass is 408 g/mol. The van der Waals surface area contributed by atoms with Crippen LogP contribution in [0.15, 0.2) is 12.2 Å². The summed E-state index contributed by atoms with van der Waals surface area (Å²) in [5.74, 6) is -2.72. The second-order valence-corrected chi connectivity index (χ2v) is 9.13. The summed E-state index contributed by atoms with van der Waals surface area (Å²) in [5.41, 5.74) is -0.584. The molecule has 0 radical (unpaired) electrons. The van der Waals surface area contributed by atoms with Crippen LogP contribution in [0.4, 0.5) is 0 Å². The Balaban J connectivity index is 1.68. The van der Waals surface area contributed by atoms with E-state index in [-0.39, 0.29) is 24.4 Å². The summed E-state index contributed by atoms with van der Waals surface area (Å²) >= 11 is 0. The highest BCUT2D eigenvalue weighted by molar-refractivity contribution is 5.87. The van der Waals surface area contributed by atoms with Gasteiger partial charge in [0.25, 0.3) is 0 Å². The van der Waals surface area contributed by atoms with Gasteiger partial charge in [-0.05, 0) is 33.6 Å². The highest BCUT2D eigenvalue weighted by atomic mass is 16.7. The summed E-state index contributed by atoms with van der Waals surface area (Å²) in [7, 11) is 0. The van der Waals surface area contributed by atoms with E-state index in [4.69, 9.17) is 23.7 Å². The number of hydrogen-bond acceptors (Lipinski definition) is 8. The lowest BCUT2D eigenvalue weighted by atomic mass is 9.77. The zero-order chi connectivity index (χ0) is 21.1. The van der Waals surface area contributed by atoms with E-state index in [0.29, 0.717) is 6.42 Å². The minimum Gasteiger partial charge on any atom is -0.465 e. The van der Waals surface area contributed by atoms with Crippen LogP contribution in [-0.4, -0.2) is 60.1 Å². The van der Waals surface area contributed by atoms with Crippen LogP contribution in [-0.2, 0) is 38.1 Å². The second kappa shape index (κ2) is 6.80. The molecule has 0 aromatic heterocycles. The third kappa shape index (κ3) is 3.68. The molecule has 0 amide bonds. The number of rotatable bonds is 4. The quantitative estimate of drug-likeness (QED) is 0.300. The maximum Gasteiger partial charge on any atom is 0.333 e. The third-order valence-corrected chi connectivity index (χ3v) is 6.69. The molecule has 0 bridgehead atoms. The molecule has 0 spiro atoms. The summed E-state index contributed by atoms with van der Waals surface area (Å²) < 4.78 is 28.6. The molecule has 1 aliphatic carbocycles. The summed E-state index contributed by atoms with van der Waals surface area (Å²) in [4.78, 5) is 36.4. The number of ether oxygens (including phenoxy) is 5. The van der Waals surface area contributed by atoms with Crippen molar-refractivity contribution < 1.29 is 38.1 Å². The van der Waals surface area contributed by atoms with Gasteiger partial charge in [0.1, 0.15) is 30.8 Å². The molecule has 0 N–H and O–H groups in total. The van der Waals surface area contributed by atoms with Crippen molar-refractivity contribution in [2.24, 2.45) is 11.8 Å². The molecular formula is C21H28O8. The minimum absolute atomic E-state index is 0.0525. The van der Waals surface area contributed by atoms with Gasteiger partial charge in [-0.2, -0.15) is 0 Å².